The Bertz CT molecular complexity index is 1470. The summed E-state index contributed by atoms with van der Waals surface area (Å²) in [5.41, 5.74) is 3.95. The highest BCUT2D eigenvalue weighted by Crippen LogP contribution is 2.27. The molecule has 0 radical (unpaired) electrons. The summed E-state index contributed by atoms with van der Waals surface area (Å²) in [6, 6.07) is 16.2. The lowest BCUT2D eigenvalue weighted by Crippen LogP contribution is -2.46. The van der Waals surface area contributed by atoms with Crippen molar-refractivity contribution >= 4 is 45.0 Å². The molecule has 204 valence electrons. The van der Waals surface area contributed by atoms with Gasteiger partial charge in [-0.1, -0.05) is 35.9 Å². The largest absolute Gasteiger partial charge is 0.489 e. The number of amides is 2. The van der Waals surface area contributed by atoms with Crippen LogP contribution in [0.1, 0.15) is 36.7 Å². The standard InChI is InChI=1S/C29H30BrClN4O4/c1-17(2)39-26-11-10-21(14-24(26)31)29(38)33-22(15-32-28(37)18(3)36)13-19-6-8-20(9-7-19)25-16-35-12-4-5-23(30)27(35)34-25/h4-12,14,16-18,22,36H,13,15H2,1-3H3,(H,32,37)(H,33,38)/t18-,22-/m0/s1. The quantitative estimate of drug-likeness (QED) is 0.232. The number of aliphatic hydroxyl groups excluding tert-OH is 1. The molecule has 0 spiro atoms. The molecule has 0 bridgehead atoms. The summed E-state index contributed by atoms with van der Waals surface area (Å²) in [6.07, 6.45) is 3.15. The zero-order valence-corrected chi connectivity index (χ0v) is 24.2. The van der Waals surface area contributed by atoms with Crippen molar-refractivity contribution < 1.29 is 19.4 Å². The summed E-state index contributed by atoms with van der Waals surface area (Å²) < 4.78 is 8.52. The molecule has 0 saturated carbocycles. The molecule has 0 unspecified atom stereocenters. The minimum Gasteiger partial charge on any atom is -0.489 e. The molecule has 0 aliphatic carbocycles. The van der Waals surface area contributed by atoms with Crippen molar-refractivity contribution in [1.82, 2.24) is 20.0 Å². The Kier molecular flexibility index (Phi) is 9.27. The van der Waals surface area contributed by atoms with E-state index in [-0.39, 0.29) is 18.6 Å². The molecule has 2 amide bonds. The van der Waals surface area contributed by atoms with Crippen molar-refractivity contribution in [3.8, 4) is 17.0 Å². The first-order valence-corrected chi connectivity index (χ1v) is 13.7. The van der Waals surface area contributed by atoms with Gasteiger partial charge in [0, 0.05) is 30.1 Å². The van der Waals surface area contributed by atoms with Crippen molar-refractivity contribution in [2.45, 2.75) is 45.4 Å². The van der Waals surface area contributed by atoms with Crippen LogP contribution >= 0.6 is 27.5 Å². The molecule has 10 heteroatoms. The molecule has 8 nitrogen and oxygen atoms in total. The Hall–Kier alpha value is -3.40. The van der Waals surface area contributed by atoms with Gasteiger partial charge in [-0.3, -0.25) is 9.59 Å². The molecule has 0 saturated heterocycles. The smallest absolute Gasteiger partial charge is 0.251 e. The molecule has 0 aliphatic rings. The lowest BCUT2D eigenvalue weighted by molar-refractivity contribution is -0.128. The van der Waals surface area contributed by atoms with Gasteiger partial charge in [0.05, 0.1) is 27.3 Å². The molecule has 2 aromatic carbocycles. The maximum atomic E-state index is 13.1. The molecule has 39 heavy (non-hydrogen) atoms. The number of pyridine rings is 1. The third-order valence-corrected chi connectivity index (χ3v) is 6.88. The predicted molar refractivity (Wildman–Crippen MR) is 155 cm³/mol. The fraction of sp³-hybridized carbons (Fsp3) is 0.276. The maximum absolute atomic E-state index is 13.1. The topological polar surface area (TPSA) is 105 Å². The fourth-order valence-corrected chi connectivity index (χ4v) is 4.69. The van der Waals surface area contributed by atoms with Crippen LogP contribution < -0.4 is 15.4 Å². The lowest BCUT2D eigenvalue weighted by Gasteiger charge is -2.21. The van der Waals surface area contributed by atoms with Crippen LogP contribution in [0.3, 0.4) is 0 Å². The van der Waals surface area contributed by atoms with E-state index in [4.69, 9.17) is 21.3 Å². The fourth-order valence-electron chi connectivity index (χ4n) is 4.02. The highest BCUT2D eigenvalue weighted by Gasteiger charge is 2.19. The van der Waals surface area contributed by atoms with Crippen LogP contribution in [0.15, 0.2) is 71.5 Å². The Balaban J connectivity index is 1.49. The first kappa shape index (κ1) is 28.6. The molecule has 2 heterocycles. The van der Waals surface area contributed by atoms with Gasteiger partial charge in [0.15, 0.2) is 5.65 Å². The van der Waals surface area contributed by atoms with Crippen LogP contribution in [0.5, 0.6) is 5.75 Å². The Morgan fingerprint density at radius 2 is 1.87 bits per heavy atom. The minimum atomic E-state index is -1.15. The summed E-state index contributed by atoms with van der Waals surface area (Å²) >= 11 is 9.85. The van der Waals surface area contributed by atoms with Crippen molar-refractivity contribution in [3.05, 3.63) is 87.6 Å². The van der Waals surface area contributed by atoms with Crippen LogP contribution in [0, 0.1) is 0 Å². The highest BCUT2D eigenvalue weighted by molar-refractivity contribution is 9.10. The molecule has 4 aromatic rings. The van der Waals surface area contributed by atoms with E-state index in [1.807, 2.05) is 67.0 Å². The predicted octanol–water partition coefficient (Wildman–Crippen LogP) is 5.04. The number of nitrogens with one attached hydrogen (secondary N) is 2. The summed E-state index contributed by atoms with van der Waals surface area (Å²) in [5, 5.41) is 15.6. The Morgan fingerprint density at radius 3 is 2.51 bits per heavy atom. The average Bonchev–Trinajstić information content (AvgIpc) is 3.34. The second-order valence-corrected chi connectivity index (χ2v) is 10.8. The number of hydrogen-bond donors (Lipinski definition) is 3. The van der Waals surface area contributed by atoms with E-state index in [1.165, 1.54) is 6.92 Å². The summed E-state index contributed by atoms with van der Waals surface area (Å²) in [7, 11) is 0. The van der Waals surface area contributed by atoms with Crippen molar-refractivity contribution in [2.75, 3.05) is 6.54 Å². The number of aromatic nitrogens is 2. The van der Waals surface area contributed by atoms with Crippen LogP contribution in [0.25, 0.3) is 16.9 Å². The van der Waals surface area contributed by atoms with Crippen LogP contribution in [-0.2, 0) is 11.2 Å². The molecule has 2 atom stereocenters. The SMILES string of the molecule is CC(C)Oc1ccc(C(=O)N[C@H](CNC(=O)[C@H](C)O)Cc2ccc(-c3cn4cccc(Br)c4n3)cc2)cc1Cl. The van der Waals surface area contributed by atoms with E-state index in [9.17, 15) is 14.7 Å². The third-order valence-electron chi connectivity index (χ3n) is 5.96. The lowest BCUT2D eigenvalue weighted by atomic mass is 10.0. The van der Waals surface area contributed by atoms with E-state index in [0.717, 1.165) is 26.9 Å². The number of nitrogens with zero attached hydrogens (tertiary/aromatic N) is 2. The highest BCUT2D eigenvalue weighted by atomic mass is 79.9. The zero-order valence-electron chi connectivity index (χ0n) is 21.8. The van der Waals surface area contributed by atoms with E-state index in [1.54, 1.807) is 18.2 Å². The van der Waals surface area contributed by atoms with E-state index >= 15 is 0 Å². The molecule has 2 aromatic heterocycles. The zero-order chi connectivity index (χ0) is 28.1. The van der Waals surface area contributed by atoms with Gasteiger partial charge in [0.2, 0.25) is 5.91 Å². The number of carbonyl (C=O) groups excluding carboxylic acids is 2. The maximum Gasteiger partial charge on any atom is 0.251 e. The number of rotatable bonds is 10. The summed E-state index contributed by atoms with van der Waals surface area (Å²) in [6.45, 7) is 5.32. The average molecular weight is 614 g/mol. The number of ether oxygens (including phenoxy) is 1. The van der Waals surface area contributed by atoms with Gasteiger partial charge in [-0.05, 0) is 79.0 Å². The Morgan fingerprint density at radius 1 is 1.13 bits per heavy atom. The van der Waals surface area contributed by atoms with Crippen molar-refractivity contribution in [3.63, 3.8) is 0 Å². The van der Waals surface area contributed by atoms with Gasteiger partial charge in [0.1, 0.15) is 11.9 Å². The number of hydrogen-bond acceptors (Lipinski definition) is 5. The molecular weight excluding hydrogens is 584 g/mol. The number of aliphatic hydroxyl groups is 1. The van der Waals surface area contributed by atoms with Gasteiger partial charge in [-0.2, -0.15) is 0 Å². The molecule has 4 rings (SSSR count). The summed E-state index contributed by atoms with van der Waals surface area (Å²) in [5.74, 6) is -0.348. The van der Waals surface area contributed by atoms with Gasteiger partial charge < -0.3 is 24.9 Å². The second-order valence-electron chi connectivity index (χ2n) is 9.52. The third kappa shape index (κ3) is 7.38. The first-order valence-electron chi connectivity index (χ1n) is 12.6. The van der Waals surface area contributed by atoms with Gasteiger partial charge >= 0.3 is 0 Å². The summed E-state index contributed by atoms with van der Waals surface area (Å²) in [4.78, 5) is 29.8. The molecule has 0 fully saturated rings. The normalized spacial score (nSPS) is 12.8. The van der Waals surface area contributed by atoms with Gasteiger partial charge in [-0.25, -0.2) is 4.98 Å². The van der Waals surface area contributed by atoms with Gasteiger partial charge in [0.25, 0.3) is 5.91 Å². The van der Waals surface area contributed by atoms with Crippen LogP contribution in [0.4, 0.5) is 0 Å². The van der Waals surface area contributed by atoms with E-state index in [0.29, 0.717) is 22.8 Å². The number of benzene rings is 2. The van der Waals surface area contributed by atoms with Crippen molar-refractivity contribution in [2.24, 2.45) is 0 Å². The van der Waals surface area contributed by atoms with Crippen LogP contribution in [-0.4, -0.2) is 51.1 Å². The van der Waals surface area contributed by atoms with Crippen molar-refractivity contribution in [1.29, 1.82) is 0 Å². The number of fused-ring (bicyclic) bond motifs is 1. The molecule has 3 N–H and O–H groups in total. The van der Waals surface area contributed by atoms with Gasteiger partial charge in [-0.15, -0.1) is 0 Å². The van der Waals surface area contributed by atoms with E-state index < -0.39 is 18.1 Å². The van der Waals surface area contributed by atoms with Crippen LogP contribution in [0.2, 0.25) is 5.02 Å². The second kappa shape index (κ2) is 12.6. The first-order chi connectivity index (χ1) is 18.6. The number of halogens is 2. The number of carbonyl (C=O) groups is 2. The molecule has 0 aliphatic heterocycles. The Labute approximate surface area is 240 Å². The molecular formula is C29H30BrClN4O4. The number of imidazole rings is 1. The monoisotopic (exact) mass is 612 g/mol. The minimum absolute atomic E-state index is 0.0509. The van der Waals surface area contributed by atoms with E-state index in [2.05, 4.69) is 26.6 Å².